The maximum Gasteiger partial charge on any atom is 0.246 e. The molecule has 0 spiro atoms. The van der Waals surface area contributed by atoms with Gasteiger partial charge in [0.1, 0.15) is 6.04 Å². The molecule has 3 rings (SSSR count). The maximum atomic E-state index is 12.7. The van der Waals surface area contributed by atoms with Crippen molar-refractivity contribution in [3.05, 3.63) is 0 Å². The van der Waals surface area contributed by atoms with Gasteiger partial charge in [0.15, 0.2) is 0 Å². The van der Waals surface area contributed by atoms with Crippen LogP contribution in [-0.2, 0) is 14.3 Å². The quantitative estimate of drug-likeness (QED) is 0.823. The van der Waals surface area contributed by atoms with Gasteiger partial charge >= 0.3 is 0 Å². The van der Waals surface area contributed by atoms with E-state index >= 15 is 0 Å². The third kappa shape index (κ3) is 2.82. The van der Waals surface area contributed by atoms with Crippen LogP contribution in [0.3, 0.4) is 0 Å². The van der Waals surface area contributed by atoms with Gasteiger partial charge in [0.05, 0.1) is 6.54 Å². The summed E-state index contributed by atoms with van der Waals surface area (Å²) in [6.07, 6.45) is 7.47. The zero-order chi connectivity index (χ0) is 13.9. The van der Waals surface area contributed by atoms with E-state index in [9.17, 15) is 9.59 Å². The molecule has 1 unspecified atom stereocenters. The molecule has 0 aromatic rings. The van der Waals surface area contributed by atoms with Crippen molar-refractivity contribution in [1.82, 2.24) is 10.2 Å². The summed E-state index contributed by atoms with van der Waals surface area (Å²) in [6, 6.07) is -0.0900. The standard InChI is InChI=1S/C15H24N2O3/c18-13-10-17(12-6-8-20-9-7-12)15(19)14(16-13)11-4-2-1-3-5-11/h11-12,14H,1-10H2,(H,16,18). The number of amides is 2. The molecule has 0 aromatic heterocycles. The topological polar surface area (TPSA) is 58.6 Å². The minimum atomic E-state index is -0.278. The van der Waals surface area contributed by atoms with E-state index in [1.165, 1.54) is 19.3 Å². The number of hydrogen-bond donors (Lipinski definition) is 1. The number of ether oxygens (including phenoxy) is 1. The minimum absolute atomic E-state index is 0.00617. The van der Waals surface area contributed by atoms with E-state index in [1.54, 1.807) is 0 Å². The zero-order valence-electron chi connectivity index (χ0n) is 12.0. The molecule has 1 atom stereocenters. The number of nitrogens with zero attached hydrogens (tertiary/aromatic N) is 1. The largest absolute Gasteiger partial charge is 0.381 e. The first-order chi connectivity index (χ1) is 9.75. The third-order valence-corrected chi connectivity index (χ3v) is 4.93. The first kappa shape index (κ1) is 13.9. The Kier molecular flexibility index (Phi) is 4.24. The van der Waals surface area contributed by atoms with Crippen LogP contribution in [0.1, 0.15) is 44.9 Å². The van der Waals surface area contributed by atoms with E-state index in [4.69, 9.17) is 4.74 Å². The molecular weight excluding hydrogens is 256 g/mol. The normalized spacial score (nSPS) is 30.4. The molecule has 0 bridgehead atoms. The summed E-state index contributed by atoms with van der Waals surface area (Å²) in [5.74, 6) is 0.484. The average Bonchev–Trinajstić information content (AvgIpc) is 2.51. The van der Waals surface area contributed by atoms with Crippen molar-refractivity contribution in [3.63, 3.8) is 0 Å². The molecule has 0 aromatic carbocycles. The lowest BCUT2D eigenvalue weighted by Gasteiger charge is -2.42. The van der Waals surface area contributed by atoms with Gasteiger partial charge in [-0.05, 0) is 31.6 Å². The van der Waals surface area contributed by atoms with Crippen molar-refractivity contribution in [2.75, 3.05) is 19.8 Å². The lowest BCUT2D eigenvalue weighted by atomic mass is 9.82. The fraction of sp³-hybridized carbons (Fsp3) is 0.867. The molecule has 2 aliphatic heterocycles. The first-order valence-corrected chi connectivity index (χ1v) is 7.93. The van der Waals surface area contributed by atoms with Crippen LogP contribution in [0.2, 0.25) is 0 Å². The Labute approximate surface area is 120 Å². The van der Waals surface area contributed by atoms with Gasteiger partial charge in [0.2, 0.25) is 11.8 Å². The molecule has 20 heavy (non-hydrogen) atoms. The van der Waals surface area contributed by atoms with Crippen LogP contribution in [0.25, 0.3) is 0 Å². The fourth-order valence-electron chi connectivity index (χ4n) is 3.78. The van der Waals surface area contributed by atoms with Crippen LogP contribution in [0.5, 0.6) is 0 Å². The molecule has 2 saturated heterocycles. The number of carbonyl (C=O) groups is 2. The summed E-state index contributed by atoms with van der Waals surface area (Å²) in [7, 11) is 0. The zero-order valence-corrected chi connectivity index (χ0v) is 12.0. The highest BCUT2D eigenvalue weighted by Gasteiger charge is 2.40. The highest BCUT2D eigenvalue weighted by Crippen LogP contribution is 2.29. The summed E-state index contributed by atoms with van der Waals surface area (Å²) < 4.78 is 5.36. The molecule has 1 N–H and O–H groups in total. The second-order valence-electron chi connectivity index (χ2n) is 6.25. The molecule has 3 fully saturated rings. The number of nitrogens with one attached hydrogen (secondary N) is 1. The third-order valence-electron chi connectivity index (χ3n) is 4.93. The summed E-state index contributed by atoms with van der Waals surface area (Å²) in [4.78, 5) is 26.5. The van der Waals surface area contributed by atoms with E-state index in [-0.39, 0.29) is 30.4 Å². The summed E-state index contributed by atoms with van der Waals surface area (Å²) >= 11 is 0. The van der Waals surface area contributed by atoms with Gasteiger partial charge in [-0.1, -0.05) is 19.3 Å². The molecule has 1 aliphatic carbocycles. The van der Waals surface area contributed by atoms with Crippen LogP contribution in [0, 0.1) is 5.92 Å². The Bertz CT molecular complexity index is 341. The van der Waals surface area contributed by atoms with Gasteiger partial charge in [-0.3, -0.25) is 9.59 Å². The smallest absolute Gasteiger partial charge is 0.246 e. The number of carbonyl (C=O) groups excluding carboxylic acids is 2. The number of hydrogen-bond acceptors (Lipinski definition) is 3. The Morgan fingerprint density at radius 1 is 1.00 bits per heavy atom. The van der Waals surface area contributed by atoms with Gasteiger partial charge in [-0.15, -0.1) is 0 Å². The Morgan fingerprint density at radius 2 is 1.70 bits per heavy atom. The van der Waals surface area contributed by atoms with Gasteiger partial charge in [-0.25, -0.2) is 0 Å². The molecule has 112 valence electrons. The van der Waals surface area contributed by atoms with E-state index < -0.39 is 0 Å². The lowest BCUT2D eigenvalue weighted by molar-refractivity contribution is -0.150. The molecule has 5 heteroatoms. The van der Waals surface area contributed by atoms with Crippen molar-refractivity contribution < 1.29 is 14.3 Å². The van der Waals surface area contributed by atoms with Crippen molar-refractivity contribution >= 4 is 11.8 Å². The van der Waals surface area contributed by atoms with Crippen molar-refractivity contribution in [1.29, 1.82) is 0 Å². The number of rotatable bonds is 2. The van der Waals surface area contributed by atoms with Gasteiger partial charge in [0.25, 0.3) is 0 Å². The van der Waals surface area contributed by atoms with Gasteiger partial charge in [0, 0.05) is 19.3 Å². The molecular formula is C15H24N2O3. The van der Waals surface area contributed by atoms with Crippen LogP contribution in [0.4, 0.5) is 0 Å². The molecule has 2 amide bonds. The van der Waals surface area contributed by atoms with Crippen LogP contribution < -0.4 is 5.32 Å². The van der Waals surface area contributed by atoms with Crippen molar-refractivity contribution in [2.45, 2.75) is 57.0 Å². The molecule has 2 heterocycles. The second-order valence-corrected chi connectivity index (χ2v) is 6.25. The molecule has 5 nitrogen and oxygen atoms in total. The lowest BCUT2D eigenvalue weighted by Crippen LogP contribution is -2.63. The molecule has 1 saturated carbocycles. The Morgan fingerprint density at radius 3 is 2.40 bits per heavy atom. The highest BCUT2D eigenvalue weighted by molar-refractivity contribution is 5.95. The van der Waals surface area contributed by atoms with E-state index in [0.29, 0.717) is 19.1 Å². The van der Waals surface area contributed by atoms with Crippen LogP contribution in [-0.4, -0.2) is 48.6 Å². The van der Waals surface area contributed by atoms with Crippen LogP contribution >= 0.6 is 0 Å². The predicted molar refractivity (Wildman–Crippen MR) is 74.1 cm³/mol. The summed E-state index contributed by atoms with van der Waals surface area (Å²) in [6.45, 7) is 1.63. The van der Waals surface area contributed by atoms with Crippen molar-refractivity contribution in [2.24, 2.45) is 5.92 Å². The fourth-order valence-corrected chi connectivity index (χ4v) is 3.78. The second kappa shape index (κ2) is 6.12. The summed E-state index contributed by atoms with van der Waals surface area (Å²) in [5, 5.41) is 2.94. The Balaban J connectivity index is 1.71. The van der Waals surface area contributed by atoms with E-state index in [0.717, 1.165) is 25.7 Å². The van der Waals surface area contributed by atoms with E-state index in [2.05, 4.69) is 5.32 Å². The highest BCUT2D eigenvalue weighted by atomic mass is 16.5. The monoisotopic (exact) mass is 280 g/mol. The Hall–Kier alpha value is -1.10. The number of piperazine rings is 1. The molecule has 3 aliphatic rings. The predicted octanol–water partition coefficient (Wildman–Crippen LogP) is 1.07. The minimum Gasteiger partial charge on any atom is -0.381 e. The van der Waals surface area contributed by atoms with Crippen LogP contribution in [0.15, 0.2) is 0 Å². The van der Waals surface area contributed by atoms with Gasteiger partial charge < -0.3 is 15.0 Å². The molecule has 0 radical (unpaired) electrons. The first-order valence-electron chi connectivity index (χ1n) is 7.93. The SMILES string of the molecule is O=C1CN(C2CCOCC2)C(=O)C(C2CCCCC2)N1. The van der Waals surface area contributed by atoms with E-state index in [1.807, 2.05) is 4.90 Å². The maximum absolute atomic E-state index is 12.7. The van der Waals surface area contributed by atoms with Gasteiger partial charge in [-0.2, -0.15) is 0 Å². The average molecular weight is 280 g/mol. The van der Waals surface area contributed by atoms with Crippen molar-refractivity contribution in [3.8, 4) is 0 Å². The summed E-state index contributed by atoms with van der Waals surface area (Å²) in [5.41, 5.74) is 0.